The summed E-state index contributed by atoms with van der Waals surface area (Å²) in [7, 11) is 0. The fourth-order valence-electron chi connectivity index (χ4n) is 6.80. The molecule has 5 aromatic rings. The van der Waals surface area contributed by atoms with Gasteiger partial charge in [0.05, 0.1) is 12.7 Å². The molecule has 2 heterocycles. The Morgan fingerprint density at radius 2 is 1.33 bits per heavy atom. The van der Waals surface area contributed by atoms with E-state index in [1.54, 1.807) is 36.5 Å². The van der Waals surface area contributed by atoms with E-state index in [1.807, 2.05) is 24.3 Å². The number of nitrogens with one attached hydrogen (secondary N) is 1. The zero-order valence-corrected chi connectivity index (χ0v) is 25.0. The Labute approximate surface area is 263 Å². The fourth-order valence-corrected chi connectivity index (χ4v) is 6.80. The lowest BCUT2D eigenvalue weighted by atomic mass is 9.59. The molecule has 3 atom stereocenters. The van der Waals surface area contributed by atoms with Gasteiger partial charge < -0.3 is 15.2 Å². The maximum absolute atomic E-state index is 13.6. The van der Waals surface area contributed by atoms with Crippen LogP contribution in [0.25, 0.3) is 0 Å². The van der Waals surface area contributed by atoms with Gasteiger partial charge in [-0.3, -0.25) is 9.36 Å². The average molecular weight is 600 g/mol. The largest absolute Gasteiger partial charge is 0.394 e. The van der Waals surface area contributed by atoms with Crippen LogP contribution in [0.5, 0.6) is 0 Å². The summed E-state index contributed by atoms with van der Waals surface area (Å²) in [5, 5.41) is 12.9. The van der Waals surface area contributed by atoms with Gasteiger partial charge in [0.1, 0.15) is 12.0 Å². The zero-order valence-electron chi connectivity index (χ0n) is 25.0. The van der Waals surface area contributed by atoms with E-state index in [4.69, 9.17) is 4.74 Å². The molecular formula is C38H37N3O4. The average Bonchev–Trinajstić information content (AvgIpc) is 3.08. The second kappa shape index (κ2) is 13.8. The molecular weight excluding hydrogens is 562 g/mol. The minimum Gasteiger partial charge on any atom is -0.394 e. The van der Waals surface area contributed by atoms with E-state index in [9.17, 15) is 14.7 Å². The molecule has 228 valence electrons. The van der Waals surface area contributed by atoms with Crippen molar-refractivity contribution in [3.8, 4) is 0 Å². The van der Waals surface area contributed by atoms with Gasteiger partial charge in [0.2, 0.25) is 0 Å². The molecule has 0 radical (unpaired) electrons. The first-order valence-corrected chi connectivity index (χ1v) is 15.5. The Kier molecular flexibility index (Phi) is 9.29. The number of aliphatic hydroxyl groups is 1. The lowest BCUT2D eigenvalue weighted by Gasteiger charge is -2.45. The van der Waals surface area contributed by atoms with Crippen molar-refractivity contribution in [1.82, 2.24) is 9.55 Å². The van der Waals surface area contributed by atoms with Crippen molar-refractivity contribution in [3.05, 3.63) is 166 Å². The standard InChI is InChI=1S/C38H37N3O4/c42-27-33-23-13-22-32(26-35(45-33)41-25-24-34(40-37(41)44)39-36(43)28-14-5-1-6-15-28)38(29-16-7-2-8-17-29,30-18-9-3-10-19-30)31-20-11-4-12-21-31/h1-12,14-21,24-25,32-33,35,42H,13,22-23,26-27H2,(H,39,40,43,44)/t32?,33-,35+/m0/s1. The number of ether oxygens (including phenoxy) is 1. The van der Waals surface area contributed by atoms with E-state index in [1.165, 1.54) is 4.57 Å². The highest BCUT2D eigenvalue weighted by molar-refractivity contribution is 6.03. The monoisotopic (exact) mass is 599 g/mol. The molecule has 1 aromatic heterocycles. The van der Waals surface area contributed by atoms with Crippen LogP contribution in [0.3, 0.4) is 0 Å². The number of aliphatic hydroxyl groups excluding tert-OH is 1. The summed E-state index contributed by atoms with van der Waals surface area (Å²) in [5.41, 5.74) is 2.88. The lowest BCUT2D eigenvalue weighted by Crippen LogP contribution is -2.42. The van der Waals surface area contributed by atoms with E-state index < -0.39 is 23.4 Å². The molecule has 2 N–H and O–H groups in total. The molecule has 7 nitrogen and oxygen atoms in total. The van der Waals surface area contributed by atoms with Crippen LogP contribution in [-0.2, 0) is 10.2 Å². The third kappa shape index (κ3) is 6.36. The number of anilines is 1. The molecule has 0 spiro atoms. The molecule has 45 heavy (non-hydrogen) atoms. The summed E-state index contributed by atoms with van der Waals surface area (Å²) in [6.07, 6.45) is 3.37. The molecule has 4 aromatic carbocycles. The summed E-state index contributed by atoms with van der Waals surface area (Å²) in [6, 6.07) is 42.1. The number of rotatable bonds is 8. The summed E-state index contributed by atoms with van der Waals surface area (Å²) >= 11 is 0. The molecule has 0 aliphatic carbocycles. The number of hydrogen-bond donors (Lipinski definition) is 2. The molecule has 1 amide bonds. The first kappa shape index (κ1) is 30.2. The molecule has 1 aliphatic heterocycles. The van der Waals surface area contributed by atoms with Gasteiger partial charge in [0.25, 0.3) is 5.91 Å². The Balaban J connectivity index is 1.43. The number of carbonyl (C=O) groups is 1. The van der Waals surface area contributed by atoms with Gasteiger partial charge in [-0.05, 0) is 60.1 Å². The molecule has 1 aliphatic rings. The van der Waals surface area contributed by atoms with Gasteiger partial charge in [-0.15, -0.1) is 0 Å². The predicted molar refractivity (Wildman–Crippen MR) is 175 cm³/mol. The van der Waals surface area contributed by atoms with Gasteiger partial charge in [0.15, 0.2) is 0 Å². The minimum atomic E-state index is -0.693. The van der Waals surface area contributed by atoms with Crippen molar-refractivity contribution in [2.75, 3.05) is 11.9 Å². The molecule has 1 unspecified atom stereocenters. The molecule has 0 saturated carbocycles. The number of aromatic nitrogens is 2. The first-order chi connectivity index (χ1) is 22.1. The van der Waals surface area contributed by atoms with Gasteiger partial charge in [-0.25, -0.2) is 4.79 Å². The van der Waals surface area contributed by atoms with E-state index in [0.29, 0.717) is 18.4 Å². The predicted octanol–water partition coefficient (Wildman–Crippen LogP) is 6.60. The highest BCUT2D eigenvalue weighted by atomic mass is 16.5. The maximum atomic E-state index is 13.6. The van der Waals surface area contributed by atoms with Crippen LogP contribution in [0.15, 0.2) is 138 Å². The van der Waals surface area contributed by atoms with Gasteiger partial charge >= 0.3 is 5.69 Å². The van der Waals surface area contributed by atoms with Crippen LogP contribution in [0, 0.1) is 5.92 Å². The summed E-state index contributed by atoms with van der Waals surface area (Å²) in [5.74, 6) is -0.168. The third-order valence-electron chi connectivity index (χ3n) is 8.84. The lowest BCUT2D eigenvalue weighted by molar-refractivity contribution is -0.102. The van der Waals surface area contributed by atoms with Crippen molar-refractivity contribution in [1.29, 1.82) is 0 Å². The second-order valence-corrected chi connectivity index (χ2v) is 11.5. The van der Waals surface area contributed by atoms with Crippen molar-refractivity contribution in [3.63, 3.8) is 0 Å². The highest BCUT2D eigenvalue weighted by Gasteiger charge is 2.45. The summed E-state index contributed by atoms with van der Waals surface area (Å²) < 4.78 is 8.01. The molecule has 1 fully saturated rings. The van der Waals surface area contributed by atoms with E-state index in [-0.39, 0.29) is 24.2 Å². The van der Waals surface area contributed by atoms with Crippen LogP contribution in [0.1, 0.15) is 59.0 Å². The van der Waals surface area contributed by atoms with Gasteiger partial charge in [0, 0.05) is 17.2 Å². The first-order valence-electron chi connectivity index (χ1n) is 15.5. The highest BCUT2D eigenvalue weighted by Crippen LogP contribution is 2.50. The van der Waals surface area contributed by atoms with E-state index in [2.05, 4.69) is 83.1 Å². The Bertz CT molecular complexity index is 1650. The van der Waals surface area contributed by atoms with E-state index in [0.717, 1.165) is 29.5 Å². The van der Waals surface area contributed by atoms with E-state index >= 15 is 0 Å². The van der Waals surface area contributed by atoms with Gasteiger partial charge in [-0.1, -0.05) is 116 Å². The van der Waals surface area contributed by atoms with Crippen molar-refractivity contribution >= 4 is 11.7 Å². The normalized spacial score (nSPS) is 18.8. The number of carbonyl (C=O) groups excluding carboxylic acids is 1. The summed E-state index contributed by atoms with van der Waals surface area (Å²) in [4.78, 5) is 30.5. The molecule has 0 bridgehead atoms. The zero-order chi connectivity index (χ0) is 31.1. The van der Waals surface area contributed by atoms with Crippen LogP contribution in [0.4, 0.5) is 5.82 Å². The van der Waals surface area contributed by atoms with Crippen LogP contribution >= 0.6 is 0 Å². The SMILES string of the molecule is O=C(Nc1ccn([C@H]2CC(C(c3ccccc3)(c3ccccc3)c3ccccc3)CCC[C@@H](CO)O2)c(=O)n1)c1ccccc1. The summed E-state index contributed by atoms with van der Waals surface area (Å²) in [6.45, 7) is -0.143. The Hall–Kier alpha value is -4.85. The topological polar surface area (TPSA) is 93.5 Å². The van der Waals surface area contributed by atoms with Crippen LogP contribution < -0.4 is 11.0 Å². The van der Waals surface area contributed by atoms with Crippen LogP contribution in [0.2, 0.25) is 0 Å². The number of benzene rings is 4. The number of amides is 1. The van der Waals surface area contributed by atoms with Gasteiger partial charge in [-0.2, -0.15) is 4.98 Å². The van der Waals surface area contributed by atoms with Crippen molar-refractivity contribution < 1.29 is 14.6 Å². The number of hydrogen-bond acceptors (Lipinski definition) is 5. The second-order valence-electron chi connectivity index (χ2n) is 11.5. The van der Waals surface area contributed by atoms with Crippen molar-refractivity contribution in [2.45, 2.75) is 43.4 Å². The van der Waals surface area contributed by atoms with Crippen LogP contribution in [-0.4, -0.2) is 33.3 Å². The molecule has 1 saturated heterocycles. The van der Waals surface area contributed by atoms with Crippen molar-refractivity contribution in [2.24, 2.45) is 5.92 Å². The molecule has 7 heteroatoms. The molecule has 6 rings (SSSR count). The maximum Gasteiger partial charge on any atom is 0.351 e. The fraction of sp³-hybridized carbons (Fsp3) is 0.237. The third-order valence-corrected chi connectivity index (χ3v) is 8.84. The minimum absolute atomic E-state index is 0.0127. The Morgan fingerprint density at radius 1 is 0.800 bits per heavy atom. The quantitative estimate of drug-likeness (QED) is 0.196. The smallest absolute Gasteiger partial charge is 0.351 e. The number of nitrogens with zero attached hydrogens (tertiary/aromatic N) is 2. The Morgan fingerprint density at radius 3 is 1.84 bits per heavy atom.